The quantitative estimate of drug-likeness (QED) is 0.741. The van der Waals surface area contributed by atoms with Gasteiger partial charge in [-0.25, -0.2) is 0 Å². The molecule has 0 atom stereocenters. The van der Waals surface area contributed by atoms with Gasteiger partial charge in [-0.15, -0.1) is 0 Å². The van der Waals surface area contributed by atoms with Crippen molar-refractivity contribution in [3.63, 3.8) is 0 Å². The molecule has 0 unspecified atom stereocenters. The Labute approximate surface area is 156 Å². The molecule has 2 aromatic rings. The summed E-state index contributed by atoms with van der Waals surface area (Å²) in [4.78, 5) is 2.25. The van der Waals surface area contributed by atoms with E-state index in [1.54, 1.807) is 14.2 Å². The maximum absolute atomic E-state index is 5.32. The van der Waals surface area contributed by atoms with Gasteiger partial charge >= 0.3 is 0 Å². The lowest BCUT2D eigenvalue weighted by Gasteiger charge is -2.14. The minimum atomic E-state index is 0.887. The largest absolute Gasteiger partial charge is 0.497 e. The number of benzene rings is 2. The van der Waals surface area contributed by atoms with Crippen molar-refractivity contribution in [1.29, 1.82) is 0 Å². The third-order valence-corrected chi connectivity index (χ3v) is 4.71. The number of rotatable bonds is 6. The van der Waals surface area contributed by atoms with E-state index in [4.69, 9.17) is 9.47 Å². The van der Waals surface area contributed by atoms with Crippen LogP contribution in [-0.4, -0.2) is 39.8 Å². The molecule has 0 saturated carbocycles. The van der Waals surface area contributed by atoms with Gasteiger partial charge in [0.2, 0.25) is 0 Å². The van der Waals surface area contributed by atoms with Gasteiger partial charge in [0.05, 0.1) is 14.2 Å². The van der Waals surface area contributed by atoms with Gasteiger partial charge in [-0.05, 0) is 79.0 Å². The number of likely N-dealkylation sites (N-methyl/N-ethyl adjacent to an activating group) is 1. The molecule has 0 heterocycles. The van der Waals surface area contributed by atoms with Crippen molar-refractivity contribution >= 4 is 11.6 Å². The fourth-order valence-corrected chi connectivity index (χ4v) is 3.50. The molecule has 3 heteroatoms. The van der Waals surface area contributed by atoms with Crippen LogP contribution in [0.2, 0.25) is 0 Å². The van der Waals surface area contributed by atoms with E-state index in [9.17, 15) is 0 Å². The Bertz CT molecular complexity index is 799. The zero-order chi connectivity index (χ0) is 18.5. The van der Waals surface area contributed by atoms with Crippen LogP contribution >= 0.6 is 0 Å². The van der Waals surface area contributed by atoms with Crippen molar-refractivity contribution in [2.24, 2.45) is 0 Å². The van der Waals surface area contributed by atoms with Crippen LogP contribution in [0.5, 0.6) is 11.5 Å². The molecular formula is C23H27NO2. The zero-order valence-corrected chi connectivity index (χ0v) is 16.1. The van der Waals surface area contributed by atoms with Crippen LogP contribution in [0.1, 0.15) is 24.0 Å². The predicted octanol–water partition coefficient (Wildman–Crippen LogP) is 4.90. The fourth-order valence-electron chi connectivity index (χ4n) is 3.50. The summed E-state index contributed by atoms with van der Waals surface area (Å²) >= 11 is 0. The third kappa shape index (κ3) is 4.17. The standard InChI is InChI=1S/C23H27NO2/c1-24(2)16-20-8-7-19(15-17-5-11-21(25-3)12-6-17)23(20)18-9-13-22(26-4)14-10-18/h5-6,9-15H,7-8,16H2,1-4H3. The molecule has 0 saturated heterocycles. The van der Waals surface area contributed by atoms with Crippen LogP contribution in [-0.2, 0) is 0 Å². The van der Waals surface area contributed by atoms with E-state index < -0.39 is 0 Å². The molecule has 136 valence electrons. The molecule has 1 aliphatic carbocycles. The minimum Gasteiger partial charge on any atom is -0.497 e. The summed E-state index contributed by atoms with van der Waals surface area (Å²) in [5, 5.41) is 0. The minimum absolute atomic E-state index is 0.887. The van der Waals surface area contributed by atoms with Crippen LogP contribution in [0.25, 0.3) is 11.6 Å². The number of methoxy groups -OCH3 is 2. The van der Waals surface area contributed by atoms with Crippen molar-refractivity contribution in [3.05, 3.63) is 70.8 Å². The second-order valence-electron chi connectivity index (χ2n) is 6.89. The number of hydrogen-bond donors (Lipinski definition) is 0. The lowest BCUT2D eigenvalue weighted by molar-refractivity contribution is 0.414. The Morgan fingerprint density at radius 2 is 1.42 bits per heavy atom. The number of allylic oxidation sites excluding steroid dienone is 2. The highest BCUT2D eigenvalue weighted by Gasteiger charge is 2.21. The Kier molecular flexibility index (Phi) is 5.79. The summed E-state index contributed by atoms with van der Waals surface area (Å²) in [5.41, 5.74) is 6.76. The predicted molar refractivity (Wildman–Crippen MR) is 109 cm³/mol. The van der Waals surface area contributed by atoms with Crippen LogP contribution in [0.3, 0.4) is 0 Å². The van der Waals surface area contributed by atoms with Crippen molar-refractivity contribution in [2.75, 3.05) is 34.9 Å². The lowest BCUT2D eigenvalue weighted by atomic mass is 9.96. The first-order chi connectivity index (χ1) is 12.6. The number of nitrogens with zero attached hydrogens (tertiary/aromatic N) is 1. The van der Waals surface area contributed by atoms with E-state index in [-0.39, 0.29) is 0 Å². The maximum atomic E-state index is 5.32. The smallest absolute Gasteiger partial charge is 0.118 e. The van der Waals surface area contributed by atoms with E-state index in [0.717, 1.165) is 30.9 Å². The van der Waals surface area contributed by atoms with Crippen LogP contribution < -0.4 is 9.47 Å². The molecule has 26 heavy (non-hydrogen) atoms. The van der Waals surface area contributed by atoms with Gasteiger partial charge in [-0.1, -0.05) is 30.3 Å². The van der Waals surface area contributed by atoms with Gasteiger partial charge in [0.25, 0.3) is 0 Å². The van der Waals surface area contributed by atoms with Gasteiger partial charge in [-0.3, -0.25) is 0 Å². The Morgan fingerprint density at radius 1 is 0.846 bits per heavy atom. The Morgan fingerprint density at radius 3 is 1.96 bits per heavy atom. The Hall–Kier alpha value is -2.52. The summed E-state index contributed by atoms with van der Waals surface area (Å²) in [6.07, 6.45) is 4.50. The van der Waals surface area contributed by atoms with Crippen molar-refractivity contribution in [3.8, 4) is 11.5 Å². The summed E-state index contributed by atoms with van der Waals surface area (Å²) in [7, 11) is 7.66. The maximum Gasteiger partial charge on any atom is 0.118 e. The molecule has 0 aliphatic heterocycles. The normalized spacial score (nSPS) is 15.8. The van der Waals surface area contributed by atoms with E-state index in [2.05, 4.69) is 49.3 Å². The van der Waals surface area contributed by atoms with Gasteiger partial charge in [0, 0.05) is 6.54 Å². The highest BCUT2D eigenvalue weighted by atomic mass is 16.5. The molecule has 0 N–H and O–H groups in total. The SMILES string of the molecule is COc1ccc(C=C2CCC(CN(C)C)=C2c2ccc(OC)cc2)cc1. The summed E-state index contributed by atoms with van der Waals surface area (Å²) in [6.45, 7) is 0.987. The number of hydrogen-bond acceptors (Lipinski definition) is 3. The van der Waals surface area contributed by atoms with E-state index in [0.29, 0.717) is 0 Å². The molecular weight excluding hydrogens is 322 g/mol. The average Bonchev–Trinajstić information content (AvgIpc) is 3.04. The Balaban J connectivity index is 1.99. The molecule has 0 fully saturated rings. The first-order valence-electron chi connectivity index (χ1n) is 8.97. The van der Waals surface area contributed by atoms with Crippen molar-refractivity contribution in [1.82, 2.24) is 4.90 Å². The molecule has 3 nitrogen and oxygen atoms in total. The van der Waals surface area contributed by atoms with Crippen molar-refractivity contribution in [2.45, 2.75) is 12.8 Å². The molecule has 0 bridgehead atoms. The molecule has 2 aromatic carbocycles. The van der Waals surface area contributed by atoms with E-state index in [1.165, 1.54) is 27.8 Å². The van der Waals surface area contributed by atoms with E-state index >= 15 is 0 Å². The molecule has 3 rings (SSSR count). The van der Waals surface area contributed by atoms with Crippen LogP contribution in [0.15, 0.2) is 59.7 Å². The van der Waals surface area contributed by atoms with Crippen LogP contribution in [0, 0.1) is 0 Å². The first-order valence-corrected chi connectivity index (χ1v) is 8.97. The van der Waals surface area contributed by atoms with Gasteiger partial charge in [0.1, 0.15) is 11.5 Å². The van der Waals surface area contributed by atoms with Crippen LogP contribution in [0.4, 0.5) is 0 Å². The molecule has 1 aliphatic rings. The second-order valence-corrected chi connectivity index (χ2v) is 6.89. The van der Waals surface area contributed by atoms with Gasteiger partial charge in [0.15, 0.2) is 0 Å². The third-order valence-electron chi connectivity index (χ3n) is 4.71. The lowest BCUT2D eigenvalue weighted by Crippen LogP contribution is -2.14. The summed E-state index contributed by atoms with van der Waals surface area (Å²) in [5.74, 6) is 1.78. The van der Waals surface area contributed by atoms with Gasteiger partial charge in [-0.2, -0.15) is 0 Å². The van der Waals surface area contributed by atoms with E-state index in [1.807, 2.05) is 24.3 Å². The molecule has 0 radical (unpaired) electrons. The first kappa shape index (κ1) is 18.3. The average molecular weight is 349 g/mol. The fraction of sp³-hybridized carbons (Fsp3) is 0.304. The highest BCUT2D eigenvalue weighted by molar-refractivity contribution is 5.89. The van der Waals surface area contributed by atoms with Gasteiger partial charge < -0.3 is 14.4 Å². The second kappa shape index (κ2) is 8.24. The number of ether oxygens (including phenoxy) is 2. The molecule has 0 aromatic heterocycles. The monoisotopic (exact) mass is 349 g/mol. The van der Waals surface area contributed by atoms with Crippen molar-refractivity contribution < 1.29 is 9.47 Å². The summed E-state index contributed by atoms with van der Waals surface area (Å²) < 4.78 is 10.6. The molecule has 0 spiro atoms. The topological polar surface area (TPSA) is 21.7 Å². The molecule has 0 amide bonds. The zero-order valence-electron chi connectivity index (χ0n) is 16.1. The summed E-state index contributed by atoms with van der Waals surface area (Å²) in [6, 6.07) is 16.7. The highest BCUT2D eigenvalue weighted by Crippen LogP contribution is 2.40.